The molecular weight excluding hydrogens is 304 g/mol. The van der Waals surface area contributed by atoms with Crippen LogP contribution in [0.1, 0.15) is 5.56 Å². The SMILES string of the molecule is Cc1ccc(SC2OC(CO)C(O)C(O)C2O)cc1Cl. The number of aryl methyl sites for hydroxylation is 1. The Bertz CT molecular complexity index is 470. The first-order valence-electron chi connectivity index (χ1n) is 6.17. The Balaban J connectivity index is 2.13. The molecule has 0 aliphatic carbocycles. The normalized spacial score (nSPS) is 34.2. The zero-order valence-corrected chi connectivity index (χ0v) is 12.4. The predicted octanol–water partition coefficient (Wildman–Crippen LogP) is 0.540. The smallest absolute Gasteiger partial charge is 0.136 e. The maximum Gasteiger partial charge on any atom is 0.136 e. The van der Waals surface area contributed by atoms with Crippen LogP contribution in [0.5, 0.6) is 0 Å². The summed E-state index contributed by atoms with van der Waals surface area (Å²) < 4.78 is 5.41. The van der Waals surface area contributed by atoms with E-state index in [2.05, 4.69) is 0 Å². The third-order valence-corrected chi connectivity index (χ3v) is 4.80. The number of aliphatic hydroxyl groups excluding tert-OH is 4. The molecule has 1 fully saturated rings. The summed E-state index contributed by atoms with van der Waals surface area (Å²) in [5, 5.41) is 39.1. The highest BCUT2D eigenvalue weighted by molar-refractivity contribution is 7.99. The van der Waals surface area contributed by atoms with E-state index in [0.717, 1.165) is 10.5 Å². The molecular formula is C13H17ClO5S. The molecule has 7 heteroatoms. The van der Waals surface area contributed by atoms with E-state index >= 15 is 0 Å². The van der Waals surface area contributed by atoms with E-state index < -0.39 is 36.5 Å². The van der Waals surface area contributed by atoms with Gasteiger partial charge in [-0.1, -0.05) is 29.4 Å². The van der Waals surface area contributed by atoms with Gasteiger partial charge in [0, 0.05) is 9.92 Å². The zero-order chi connectivity index (χ0) is 14.9. The minimum atomic E-state index is -1.36. The summed E-state index contributed by atoms with van der Waals surface area (Å²) in [6.07, 6.45) is -4.85. The van der Waals surface area contributed by atoms with Crippen LogP contribution in [0.3, 0.4) is 0 Å². The Kier molecular flexibility index (Phi) is 5.30. The molecule has 0 radical (unpaired) electrons. The molecule has 2 rings (SSSR count). The van der Waals surface area contributed by atoms with Crippen molar-refractivity contribution < 1.29 is 25.2 Å². The van der Waals surface area contributed by atoms with Crippen LogP contribution >= 0.6 is 23.4 Å². The second kappa shape index (κ2) is 6.62. The molecule has 20 heavy (non-hydrogen) atoms. The minimum absolute atomic E-state index is 0.434. The third kappa shape index (κ3) is 3.28. The van der Waals surface area contributed by atoms with Crippen LogP contribution in [0.15, 0.2) is 23.1 Å². The molecule has 5 nitrogen and oxygen atoms in total. The van der Waals surface area contributed by atoms with E-state index in [-0.39, 0.29) is 0 Å². The van der Waals surface area contributed by atoms with Gasteiger partial charge >= 0.3 is 0 Å². The number of halogens is 1. The topological polar surface area (TPSA) is 90.2 Å². The van der Waals surface area contributed by atoms with Gasteiger partial charge in [0.05, 0.1) is 6.61 Å². The molecule has 5 atom stereocenters. The quantitative estimate of drug-likeness (QED) is 0.650. The van der Waals surface area contributed by atoms with Gasteiger partial charge < -0.3 is 25.2 Å². The Morgan fingerprint density at radius 2 is 1.90 bits per heavy atom. The van der Waals surface area contributed by atoms with Gasteiger partial charge in [-0.3, -0.25) is 0 Å². The molecule has 1 aromatic carbocycles. The van der Waals surface area contributed by atoms with Gasteiger partial charge in [0.15, 0.2) is 0 Å². The van der Waals surface area contributed by atoms with Crippen LogP contribution in [0.4, 0.5) is 0 Å². The van der Waals surface area contributed by atoms with Crippen LogP contribution in [0.2, 0.25) is 5.02 Å². The predicted molar refractivity (Wildman–Crippen MR) is 75.8 cm³/mol. The standard InChI is InChI=1S/C13H17ClO5S/c1-6-2-3-7(4-8(6)14)20-13-12(18)11(17)10(16)9(5-15)19-13/h2-4,9-13,15-18H,5H2,1H3. The van der Waals surface area contributed by atoms with Crippen LogP contribution in [-0.2, 0) is 4.74 Å². The van der Waals surface area contributed by atoms with E-state index in [1.807, 2.05) is 19.1 Å². The molecule has 112 valence electrons. The first-order valence-corrected chi connectivity index (χ1v) is 7.43. The van der Waals surface area contributed by atoms with Gasteiger partial charge in [0.2, 0.25) is 0 Å². The molecule has 0 saturated carbocycles. The zero-order valence-electron chi connectivity index (χ0n) is 10.8. The average molecular weight is 321 g/mol. The van der Waals surface area contributed by atoms with E-state index in [1.54, 1.807) is 6.07 Å². The highest BCUT2D eigenvalue weighted by Crippen LogP contribution is 2.34. The van der Waals surface area contributed by atoms with E-state index in [4.69, 9.17) is 21.4 Å². The van der Waals surface area contributed by atoms with E-state index in [9.17, 15) is 15.3 Å². The van der Waals surface area contributed by atoms with Crippen molar-refractivity contribution in [2.24, 2.45) is 0 Å². The minimum Gasteiger partial charge on any atom is -0.394 e. The summed E-state index contributed by atoms with van der Waals surface area (Å²) in [6, 6.07) is 5.41. The fraction of sp³-hybridized carbons (Fsp3) is 0.538. The fourth-order valence-corrected chi connectivity index (χ4v) is 3.29. The molecule has 1 aromatic rings. The van der Waals surface area contributed by atoms with Crippen molar-refractivity contribution in [3.63, 3.8) is 0 Å². The molecule has 0 spiro atoms. The highest BCUT2D eigenvalue weighted by Gasteiger charge is 2.43. The Morgan fingerprint density at radius 3 is 2.50 bits per heavy atom. The summed E-state index contributed by atoms with van der Waals surface area (Å²) in [6.45, 7) is 1.45. The van der Waals surface area contributed by atoms with Gasteiger partial charge in [-0.05, 0) is 24.6 Å². The molecule has 1 saturated heterocycles. The first-order chi connectivity index (χ1) is 9.43. The highest BCUT2D eigenvalue weighted by atomic mass is 35.5. The molecule has 1 aliphatic rings. The van der Waals surface area contributed by atoms with Crippen LogP contribution in [0, 0.1) is 6.92 Å². The maximum atomic E-state index is 9.94. The second-order valence-electron chi connectivity index (χ2n) is 4.73. The molecule has 1 aliphatic heterocycles. The number of hydrogen-bond acceptors (Lipinski definition) is 6. The lowest BCUT2D eigenvalue weighted by Gasteiger charge is -2.39. The van der Waals surface area contributed by atoms with Crippen LogP contribution in [-0.4, -0.2) is 56.9 Å². The largest absolute Gasteiger partial charge is 0.394 e. The van der Waals surface area contributed by atoms with Gasteiger partial charge in [0.1, 0.15) is 29.9 Å². The van der Waals surface area contributed by atoms with Gasteiger partial charge in [-0.2, -0.15) is 0 Å². The summed E-state index contributed by atoms with van der Waals surface area (Å²) in [5.74, 6) is 0. The number of thioether (sulfide) groups is 1. The number of rotatable bonds is 3. The molecule has 0 aromatic heterocycles. The average Bonchev–Trinajstić information content (AvgIpc) is 2.43. The number of benzene rings is 1. The number of hydrogen-bond donors (Lipinski definition) is 4. The van der Waals surface area contributed by atoms with Crippen molar-refractivity contribution in [2.75, 3.05) is 6.61 Å². The second-order valence-corrected chi connectivity index (χ2v) is 6.31. The molecule has 0 amide bonds. The summed E-state index contributed by atoms with van der Waals surface area (Å²) in [5.41, 5.74) is 0.147. The lowest BCUT2D eigenvalue weighted by Crippen LogP contribution is -2.57. The fourth-order valence-electron chi connectivity index (χ4n) is 1.95. The van der Waals surface area contributed by atoms with Crippen molar-refractivity contribution >= 4 is 23.4 Å². The van der Waals surface area contributed by atoms with Gasteiger partial charge in [0.25, 0.3) is 0 Å². The van der Waals surface area contributed by atoms with E-state index in [1.165, 1.54) is 11.8 Å². The first kappa shape index (κ1) is 16.0. The third-order valence-electron chi connectivity index (χ3n) is 3.24. The van der Waals surface area contributed by atoms with Gasteiger partial charge in [-0.15, -0.1) is 0 Å². The molecule has 1 heterocycles. The number of ether oxygens (including phenoxy) is 1. The van der Waals surface area contributed by atoms with Crippen molar-refractivity contribution in [1.82, 2.24) is 0 Å². The van der Waals surface area contributed by atoms with Crippen molar-refractivity contribution in [1.29, 1.82) is 0 Å². The van der Waals surface area contributed by atoms with Gasteiger partial charge in [-0.25, -0.2) is 0 Å². The summed E-state index contributed by atoms with van der Waals surface area (Å²) >= 11 is 7.21. The van der Waals surface area contributed by atoms with Crippen molar-refractivity contribution in [2.45, 2.75) is 41.7 Å². The molecule has 5 unspecified atom stereocenters. The van der Waals surface area contributed by atoms with Crippen molar-refractivity contribution in [3.8, 4) is 0 Å². The Labute approximate surface area is 126 Å². The monoisotopic (exact) mass is 320 g/mol. The lowest BCUT2D eigenvalue weighted by atomic mass is 10.0. The molecule has 4 N–H and O–H groups in total. The summed E-state index contributed by atoms with van der Waals surface area (Å²) in [7, 11) is 0. The maximum absolute atomic E-state index is 9.94. The summed E-state index contributed by atoms with van der Waals surface area (Å²) in [4.78, 5) is 0.768. The van der Waals surface area contributed by atoms with E-state index in [0.29, 0.717) is 5.02 Å². The molecule has 0 bridgehead atoms. The van der Waals surface area contributed by atoms with Crippen molar-refractivity contribution in [3.05, 3.63) is 28.8 Å². The Morgan fingerprint density at radius 1 is 1.20 bits per heavy atom. The lowest BCUT2D eigenvalue weighted by molar-refractivity contribution is -0.205. The van der Waals surface area contributed by atoms with Crippen LogP contribution < -0.4 is 0 Å². The van der Waals surface area contributed by atoms with Crippen LogP contribution in [0.25, 0.3) is 0 Å². The Hall–Kier alpha value is -0.340. The number of aliphatic hydroxyl groups is 4.